The number of aromatic nitrogens is 2. The van der Waals surface area contributed by atoms with Gasteiger partial charge in [-0.3, -0.25) is 4.98 Å². The van der Waals surface area contributed by atoms with Gasteiger partial charge in [0.25, 0.3) is 0 Å². The van der Waals surface area contributed by atoms with Crippen molar-refractivity contribution in [3.63, 3.8) is 0 Å². The first-order valence-electron chi connectivity index (χ1n) is 4.99. The molecule has 1 unspecified atom stereocenters. The van der Waals surface area contributed by atoms with Gasteiger partial charge in [-0.05, 0) is 19.8 Å². The second kappa shape index (κ2) is 3.92. The van der Waals surface area contributed by atoms with E-state index < -0.39 is 0 Å². The summed E-state index contributed by atoms with van der Waals surface area (Å²) in [4.78, 5) is 10.6. The molecule has 76 valence electrons. The van der Waals surface area contributed by atoms with E-state index >= 15 is 0 Å². The van der Waals surface area contributed by atoms with Crippen LogP contribution in [0.25, 0.3) is 0 Å². The van der Waals surface area contributed by atoms with Gasteiger partial charge in [0, 0.05) is 12.6 Å². The minimum Gasteiger partial charge on any atom is -0.390 e. The highest BCUT2D eigenvalue weighted by Gasteiger charge is 2.21. The molecule has 4 nitrogen and oxygen atoms in total. The van der Waals surface area contributed by atoms with E-state index in [0.29, 0.717) is 11.7 Å². The lowest BCUT2D eigenvalue weighted by atomic mass is 10.2. The molecule has 0 spiro atoms. The Hall–Kier alpha value is -1.16. The molecule has 1 aliphatic rings. The SMILES string of the molecule is CC1CCCN1c1cncc(CO)n1. The van der Waals surface area contributed by atoms with Crippen LogP contribution < -0.4 is 4.90 Å². The predicted octanol–water partition coefficient (Wildman–Crippen LogP) is 0.958. The van der Waals surface area contributed by atoms with E-state index in [0.717, 1.165) is 12.4 Å². The molecular formula is C10H15N3O. The van der Waals surface area contributed by atoms with Crippen molar-refractivity contribution in [3.8, 4) is 0 Å². The molecule has 14 heavy (non-hydrogen) atoms. The third-order valence-electron chi connectivity index (χ3n) is 2.68. The molecule has 2 rings (SSSR count). The summed E-state index contributed by atoms with van der Waals surface area (Å²) in [5.74, 6) is 0.890. The van der Waals surface area contributed by atoms with Crippen LogP contribution in [0.5, 0.6) is 0 Å². The Bertz CT molecular complexity index is 316. The topological polar surface area (TPSA) is 49.2 Å². The van der Waals surface area contributed by atoms with Gasteiger partial charge in [-0.2, -0.15) is 0 Å². The first-order valence-corrected chi connectivity index (χ1v) is 4.99. The van der Waals surface area contributed by atoms with Crippen molar-refractivity contribution in [1.82, 2.24) is 9.97 Å². The highest BCUT2D eigenvalue weighted by atomic mass is 16.3. The van der Waals surface area contributed by atoms with Gasteiger partial charge in [0.2, 0.25) is 0 Å². The molecule has 0 radical (unpaired) electrons. The van der Waals surface area contributed by atoms with Crippen LogP contribution in [-0.2, 0) is 6.61 Å². The average Bonchev–Trinajstić information content (AvgIpc) is 2.65. The minimum atomic E-state index is -0.0386. The Kier molecular flexibility index (Phi) is 2.63. The Balaban J connectivity index is 2.22. The predicted molar refractivity (Wildman–Crippen MR) is 54.0 cm³/mol. The van der Waals surface area contributed by atoms with Crippen molar-refractivity contribution in [2.75, 3.05) is 11.4 Å². The number of hydrogen-bond donors (Lipinski definition) is 1. The largest absolute Gasteiger partial charge is 0.390 e. The van der Waals surface area contributed by atoms with Gasteiger partial charge in [0.05, 0.1) is 24.7 Å². The van der Waals surface area contributed by atoms with Gasteiger partial charge >= 0.3 is 0 Å². The maximum atomic E-state index is 8.95. The first kappa shape index (κ1) is 9.40. The Labute approximate surface area is 83.6 Å². The van der Waals surface area contributed by atoms with Gasteiger partial charge in [0.15, 0.2) is 0 Å². The Morgan fingerprint density at radius 2 is 2.43 bits per heavy atom. The molecule has 1 aromatic rings. The number of aliphatic hydroxyl groups is 1. The molecule has 1 aromatic heterocycles. The minimum absolute atomic E-state index is 0.0386. The summed E-state index contributed by atoms with van der Waals surface area (Å²) in [5.41, 5.74) is 0.640. The summed E-state index contributed by atoms with van der Waals surface area (Å²) in [7, 11) is 0. The second-order valence-electron chi connectivity index (χ2n) is 3.71. The number of nitrogens with zero attached hydrogens (tertiary/aromatic N) is 3. The summed E-state index contributed by atoms with van der Waals surface area (Å²) in [6.07, 6.45) is 5.79. The van der Waals surface area contributed by atoms with Gasteiger partial charge < -0.3 is 10.0 Å². The Morgan fingerprint density at radius 1 is 1.57 bits per heavy atom. The van der Waals surface area contributed by atoms with E-state index in [9.17, 15) is 0 Å². The number of rotatable bonds is 2. The van der Waals surface area contributed by atoms with Crippen LogP contribution in [-0.4, -0.2) is 27.7 Å². The van der Waals surface area contributed by atoms with E-state index in [1.54, 1.807) is 12.4 Å². The molecule has 0 aromatic carbocycles. The lowest BCUT2D eigenvalue weighted by Gasteiger charge is -2.22. The molecule has 1 N–H and O–H groups in total. The van der Waals surface area contributed by atoms with Crippen LogP contribution in [0, 0.1) is 0 Å². The molecule has 4 heteroatoms. The summed E-state index contributed by atoms with van der Waals surface area (Å²) in [6, 6.07) is 0.540. The van der Waals surface area contributed by atoms with Crippen molar-refractivity contribution in [1.29, 1.82) is 0 Å². The van der Waals surface area contributed by atoms with E-state index in [-0.39, 0.29) is 6.61 Å². The van der Waals surface area contributed by atoms with E-state index in [1.165, 1.54) is 12.8 Å². The van der Waals surface area contributed by atoms with Crippen LogP contribution in [0.2, 0.25) is 0 Å². The molecular weight excluding hydrogens is 178 g/mol. The third-order valence-corrected chi connectivity index (χ3v) is 2.68. The van der Waals surface area contributed by atoms with Crippen molar-refractivity contribution in [2.24, 2.45) is 0 Å². The number of aliphatic hydroxyl groups excluding tert-OH is 1. The highest BCUT2D eigenvalue weighted by Crippen LogP contribution is 2.22. The first-order chi connectivity index (χ1) is 6.81. The van der Waals surface area contributed by atoms with Crippen LogP contribution in [0.4, 0.5) is 5.82 Å². The maximum Gasteiger partial charge on any atom is 0.147 e. The summed E-state index contributed by atoms with van der Waals surface area (Å²) >= 11 is 0. The zero-order valence-electron chi connectivity index (χ0n) is 8.35. The zero-order valence-corrected chi connectivity index (χ0v) is 8.35. The molecule has 1 fully saturated rings. The van der Waals surface area contributed by atoms with Gasteiger partial charge in [-0.15, -0.1) is 0 Å². The van der Waals surface area contributed by atoms with Crippen LogP contribution in [0.1, 0.15) is 25.5 Å². The maximum absolute atomic E-state index is 8.95. The quantitative estimate of drug-likeness (QED) is 0.760. The molecule has 0 saturated carbocycles. The standard InChI is InChI=1S/C10H15N3O/c1-8-3-2-4-13(8)10-6-11-5-9(7-14)12-10/h5-6,8,14H,2-4,7H2,1H3. The zero-order chi connectivity index (χ0) is 9.97. The lowest BCUT2D eigenvalue weighted by molar-refractivity contribution is 0.276. The summed E-state index contributed by atoms with van der Waals surface area (Å²) in [6.45, 7) is 3.20. The third kappa shape index (κ3) is 1.70. The van der Waals surface area contributed by atoms with Crippen LogP contribution in [0.15, 0.2) is 12.4 Å². The monoisotopic (exact) mass is 193 g/mol. The van der Waals surface area contributed by atoms with Crippen molar-refractivity contribution in [2.45, 2.75) is 32.4 Å². The van der Waals surface area contributed by atoms with Gasteiger partial charge in [-0.1, -0.05) is 0 Å². The lowest BCUT2D eigenvalue weighted by Crippen LogP contribution is -2.27. The average molecular weight is 193 g/mol. The van der Waals surface area contributed by atoms with Crippen LogP contribution >= 0.6 is 0 Å². The normalized spacial score (nSPS) is 21.6. The van der Waals surface area contributed by atoms with E-state index in [1.807, 2.05) is 0 Å². The van der Waals surface area contributed by atoms with Gasteiger partial charge in [-0.25, -0.2) is 4.98 Å². The number of hydrogen-bond acceptors (Lipinski definition) is 4. The summed E-state index contributed by atoms with van der Waals surface area (Å²) < 4.78 is 0. The second-order valence-corrected chi connectivity index (χ2v) is 3.71. The van der Waals surface area contributed by atoms with Crippen molar-refractivity contribution >= 4 is 5.82 Å². The molecule has 1 atom stereocenters. The molecule has 2 heterocycles. The summed E-state index contributed by atoms with van der Waals surface area (Å²) in [5, 5.41) is 8.95. The van der Waals surface area contributed by atoms with Crippen molar-refractivity contribution in [3.05, 3.63) is 18.1 Å². The smallest absolute Gasteiger partial charge is 0.147 e. The molecule has 0 amide bonds. The van der Waals surface area contributed by atoms with Crippen molar-refractivity contribution < 1.29 is 5.11 Å². The molecule has 0 aliphatic carbocycles. The Morgan fingerprint density at radius 3 is 3.07 bits per heavy atom. The van der Waals surface area contributed by atoms with Crippen LogP contribution in [0.3, 0.4) is 0 Å². The van der Waals surface area contributed by atoms with Gasteiger partial charge in [0.1, 0.15) is 5.82 Å². The molecule has 1 aliphatic heterocycles. The fourth-order valence-corrected chi connectivity index (χ4v) is 1.88. The molecule has 0 bridgehead atoms. The van der Waals surface area contributed by atoms with E-state index in [2.05, 4.69) is 21.8 Å². The fourth-order valence-electron chi connectivity index (χ4n) is 1.88. The highest BCUT2D eigenvalue weighted by molar-refractivity contribution is 5.38. The molecule has 1 saturated heterocycles. The van der Waals surface area contributed by atoms with E-state index in [4.69, 9.17) is 5.11 Å². The number of anilines is 1. The fraction of sp³-hybridized carbons (Fsp3) is 0.600.